The Morgan fingerprint density at radius 3 is 2.29 bits per heavy atom. The van der Waals surface area contributed by atoms with E-state index in [2.05, 4.69) is 5.32 Å². The van der Waals surface area contributed by atoms with E-state index in [1.165, 1.54) is 41.3 Å². The number of ether oxygens (including phenoxy) is 1. The van der Waals surface area contributed by atoms with Crippen molar-refractivity contribution < 1.29 is 27.1 Å². The Hall–Kier alpha value is -3.63. The molecule has 3 aromatic rings. The summed E-state index contributed by atoms with van der Waals surface area (Å²) in [5.74, 6) is -1.01. The van der Waals surface area contributed by atoms with Gasteiger partial charge in [-0.2, -0.15) is 0 Å². The van der Waals surface area contributed by atoms with Gasteiger partial charge in [-0.15, -0.1) is 0 Å². The first-order valence-electron chi connectivity index (χ1n) is 13.9. The van der Waals surface area contributed by atoms with E-state index in [1.807, 2.05) is 6.92 Å². The van der Waals surface area contributed by atoms with E-state index < -0.39 is 34.3 Å². The number of carbonyl (C=O) groups excluding carboxylic acids is 2. The van der Waals surface area contributed by atoms with Crippen molar-refractivity contribution in [2.24, 2.45) is 0 Å². The molecule has 4 rings (SSSR count). The lowest BCUT2D eigenvalue weighted by Crippen LogP contribution is -2.52. The third kappa shape index (κ3) is 7.60. The molecule has 224 valence electrons. The Labute approximate surface area is 251 Å². The van der Waals surface area contributed by atoms with E-state index in [4.69, 9.17) is 16.3 Å². The largest absolute Gasteiger partial charge is 0.494 e. The Balaban J connectivity index is 1.68. The van der Waals surface area contributed by atoms with Crippen molar-refractivity contribution in [3.63, 3.8) is 0 Å². The third-order valence-electron chi connectivity index (χ3n) is 7.28. The number of rotatable bonds is 12. The molecule has 8 nitrogen and oxygen atoms in total. The molecule has 2 amide bonds. The van der Waals surface area contributed by atoms with Crippen LogP contribution < -0.4 is 14.4 Å². The van der Waals surface area contributed by atoms with Crippen molar-refractivity contribution in [3.05, 3.63) is 89.2 Å². The first kappa shape index (κ1) is 31.3. The lowest BCUT2D eigenvalue weighted by atomic mass is 10.1. The summed E-state index contributed by atoms with van der Waals surface area (Å²) in [5, 5.41) is 3.44. The minimum Gasteiger partial charge on any atom is -0.494 e. The van der Waals surface area contributed by atoms with Gasteiger partial charge in [0, 0.05) is 17.6 Å². The number of anilines is 1. The number of hydrogen-bond acceptors (Lipinski definition) is 5. The highest BCUT2D eigenvalue weighted by Gasteiger charge is 2.33. The van der Waals surface area contributed by atoms with Gasteiger partial charge in [0.1, 0.15) is 24.2 Å². The molecule has 1 aliphatic carbocycles. The molecule has 1 aliphatic rings. The van der Waals surface area contributed by atoms with E-state index >= 15 is 0 Å². The summed E-state index contributed by atoms with van der Waals surface area (Å²) in [7, 11) is -4.29. The highest BCUT2D eigenvalue weighted by molar-refractivity contribution is 7.92. The number of nitrogens with zero attached hydrogens (tertiary/aromatic N) is 2. The van der Waals surface area contributed by atoms with Gasteiger partial charge in [0.25, 0.3) is 10.0 Å². The zero-order valence-electron chi connectivity index (χ0n) is 23.6. The summed E-state index contributed by atoms with van der Waals surface area (Å²) in [4.78, 5) is 28.6. The topological polar surface area (TPSA) is 96.0 Å². The molecule has 1 atom stereocenters. The van der Waals surface area contributed by atoms with Crippen LogP contribution in [0, 0.1) is 5.82 Å². The van der Waals surface area contributed by atoms with E-state index in [0.717, 1.165) is 42.1 Å². The van der Waals surface area contributed by atoms with Crippen LogP contribution in [0.4, 0.5) is 10.1 Å². The predicted octanol–water partition coefficient (Wildman–Crippen LogP) is 5.55. The lowest BCUT2D eigenvalue weighted by Gasteiger charge is -2.32. The molecule has 0 aliphatic heterocycles. The predicted molar refractivity (Wildman–Crippen MR) is 160 cm³/mol. The van der Waals surface area contributed by atoms with E-state index in [-0.39, 0.29) is 29.1 Å². The average molecular weight is 616 g/mol. The molecule has 0 unspecified atom stereocenters. The fourth-order valence-electron chi connectivity index (χ4n) is 4.92. The number of sulfonamides is 1. The van der Waals surface area contributed by atoms with Crippen molar-refractivity contribution in [1.29, 1.82) is 0 Å². The quantitative estimate of drug-likeness (QED) is 0.288. The van der Waals surface area contributed by atoms with E-state index in [9.17, 15) is 22.4 Å². The molecule has 0 radical (unpaired) electrons. The highest BCUT2D eigenvalue weighted by atomic mass is 35.5. The zero-order chi connectivity index (χ0) is 30.3. The Morgan fingerprint density at radius 2 is 1.67 bits per heavy atom. The molecule has 1 N–H and O–H groups in total. The highest BCUT2D eigenvalue weighted by Crippen LogP contribution is 2.27. The number of halogens is 2. The second kappa shape index (κ2) is 14.0. The molecule has 1 fully saturated rings. The molecule has 0 aromatic heterocycles. The normalized spacial score (nSPS) is 14.3. The van der Waals surface area contributed by atoms with Crippen LogP contribution in [-0.2, 0) is 26.2 Å². The van der Waals surface area contributed by atoms with Gasteiger partial charge in [-0.25, -0.2) is 12.8 Å². The molecule has 42 heavy (non-hydrogen) atoms. The number of hydrogen-bond donors (Lipinski definition) is 1. The van der Waals surface area contributed by atoms with Gasteiger partial charge >= 0.3 is 0 Å². The van der Waals surface area contributed by atoms with Gasteiger partial charge in [0.2, 0.25) is 11.8 Å². The van der Waals surface area contributed by atoms with Crippen LogP contribution in [0.2, 0.25) is 5.02 Å². The minimum absolute atomic E-state index is 0.0158. The molecule has 1 saturated carbocycles. The second-order valence-corrected chi connectivity index (χ2v) is 12.4. The van der Waals surface area contributed by atoms with Crippen molar-refractivity contribution >= 4 is 39.1 Å². The Morgan fingerprint density at radius 1 is 1.02 bits per heavy atom. The lowest BCUT2D eigenvalue weighted by molar-refractivity contribution is -0.139. The summed E-state index contributed by atoms with van der Waals surface area (Å²) < 4.78 is 48.0. The van der Waals surface area contributed by atoms with Crippen molar-refractivity contribution in [2.75, 3.05) is 17.5 Å². The van der Waals surface area contributed by atoms with Gasteiger partial charge < -0.3 is 15.0 Å². The number of carbonyl (C=O) groups is 2. The second-order valence-electron chi connectivity index (χ2n) is 10.2. The van der Waals surface area contributed by atoms with Crippen LogP contribution in [-0.4, -0.2) is 50.4 Å². The molecular weight excluding hydrogens is 581 g/mol. The fourth-order valence-corrected chi connectivity index (χ4v) is 6.53. The molecule has 0 spiro atoms. The van der Waals surface area contributed by atoms with Gasteiger partial charge in [-0.1, -0.05) is 42.6 Å². The monoisotopic (exact) mass is 615 g/mol. The summed E-state index contributed by atoms with van der Waals surface area (Å²) in [6.45, 7) is 3.19. The number of benzene rings is 3. The molecule has 3 aromatic carbocycles. The molecule has 0 heterocycles. The van der Waals surface area contributed by atoms with Crippen LogP contribution in [0.25, 0.3) is 0 Å². The summed E-state index contributed by atoms with van der Waals surface area (Å²) in [6, 6.07) is 16.8. The van der Waals surface area contributed by atoms with Gasteiger partial charge in [0.05, 0.1) is 17.2 Å². The maximum Gasteiger partial charge on any atom is 0.264 e. The maximum atomic E-state index is 14.0. The maximum absolute atomic E-state index is 14.0. The van der Waals surface area contributed by atoms with Gasteiger partial charge in [-0.3, -0.25) is 13.9 Å². The summed E-state index contributed by atoms with van der Waals surface area (Å²) in [5.41, 5.74) is 0.704. The standard InChI is InChI=1S/C31H35ClFN3O5S/c1-3-41-27-16-18-28(19-17-27)42(39,40)36(26-14-12-24(33)13-15-26)21-30(37)35(20-23-8-4-7-11-29(23)32)22(2)31(38)34-25-9-5-6-10-25/h4,7-8,11-19,22,25H,3,5-6,9-10,20-21H2,1-2H3,(H,34,38)/t22-/m0/s1. The van der Waals surface area contributed by atoms with E-state index in [1.54, 1.807) is 31.2 Å². The zero-order valence-corrected chi connectivity index (χ0v) is 25.2. The van der Waals surface area contributed by atoms with Crippen LogP contribution in [0.1, 0.15) is 45.1 Å². The summed E-state index contributed by atoms with van der Waals surface area (Å²) >= 11 is 6.41. The number of nitrogens with one attached hydrogen (secondary N) is 1. The molecular formula is C31H35ClFN3O5S. The van der Waals surface area contributed by atoms with Crippen LogP contribution in [0.15, 0.2) is 77.7 Å². The first-order chi connectivity index (χ1) is 20.1. The fraction of sp³-hybridized carbons (Fsp3) is 0.355. The van der Waals surface area contributed by atoms with Crippen molar-refractivity contribution in [2.45, 2.75) is 63.1 Å². The van der Waals surface area contributed by atoms with Crippen LogP contribution in [0.3, 0.4) is 0 Å². The van der Waals surface area contributed by atoms with Crippen molar-refractivity contribution in [3.8, 4) is 5.75 Å². The Bertz CT molecular complexity index is 1480. The molecule has 0 bridgehead atoms. The van der Waals surface area contributed by atoms with Crippen LogP contribution in [0.5, 0.6) is 5.75 Å². The Kier molecular flexibility index (Phi) is 10.5. The van der Waals surface area contributed by atoms with Gasteiger partial charge in [-0.05, 0) is 86.8 Å². The molecule has 11 heteroatoms. The number of amides is 2. The summed E-state index contributed by atoms with van der Waals surface area (Å²) in [6.07, 6.45) is 3.79. The molecule has 0 saturated heterocycles. The minimum atomic E-state index is -4.29. The van der Waals surface area contributed by atoms with Gasteiger partial charge in [0.15, 0.2) is 0 Å². The van der Waals surface area contributed by atoms with Crippen LogP contribution >= 0.6 is 11.6 Å². The van der Waals surface area contributed by atoms with Crippen molar-refractivity contribution in [1.82, 2.24) is 10.2 Å². The SMILES string of the molecule is CCOc1ccc(S(=O)(=O)N(CC(=O)N(Cc2ccccc2Cl)[C@@H](C)C(=O)NC2CCCC2)c2ccc(F)cc2)cc1. The average Bonchev–Trinajstić information content (AvgIpc) is 3.49. The third-order valence-corrected chi connectivity index (χ3v) is 9.44. The first-order valence-corrected chi connectivity index (χ1v) is 15.8. The smallest absolute Gasteiger partial charge is 0.264 e. The van der Waals surface area contributed by atoms with E-state index in [0.29, 0.717) is 22.9 Å².